The van der Waals surface area contributed by atoms with Gasteiger partial charge in [-0.15, -0.1) is 0 Å². The van der Waals surface area contributed by atoms with Crippen molar-refractivity contribution < 1.29 is 28.6 Å². The zero-order valence-electron chi connectivity index (χ0n) is 12.2. The van der Waals surface area contributed by atoms with E-state index in [9.17, 15) is 19.8 Å². The van der Waals surface area contributed by atoms with Gasteiger partial charge in [-0.1, -0.05) is 0 Å². The molecule has 0 aliphatic rings. The molecule has 0 saturated heterocycles. The van der Waals surface area contributed by atoms with Crippen molar-refractivity contribution in [3.05, 3.63) is 48.3 Å². The molecule has 0 saturated carbocycles. The van der Waals surface area contributed by atoms with Gasteiger partial charge in [0.15, 0.2) is 12.2 Å². The van der Waals surface area contributed by atoms with E-state index in [1.54, 1.807) is 24.3 Å². The minimum atomic E-state index is -2.03. The normalized spacial score (nSPS) is 13.9. The van der Waals surface area contributed by atoms with E-state index in [-0.39, 0.29) is 0 Å². The molecule has 2 aromatic rings. The minimum Gasteiger partial charge on any atom is -0.463 e. The lowest BCUT2D eigenvalue weighted by atomic mass is 10.2. The number of nitrogens with zero attached hydrogens (tertiary/aromatic N) is 2. The highest BCUT2D eigenvalue weighted by atomic mass is 16.3. The van der Waals surface area contributed by atoms with Gasteiger partial charge < -0.3 is 19.0 Å². The second kappa shape index (κ2) is 8.41. The highest BCUT2D eigenvalue weighted by Gasteiger charge is 2.30. The van der Waals surface area contributed by atoms with Gasteiger partial charge in [0.25, 0.3) is 11.8 Å². The first-order chi connectivity index (χ1) is 11.6. The summed E-state index contributed by atoms with van der Waals surface area (Å²) in [5, 5.41) is 26.2. The van der Waals surface area contributed by atoms with Crippen LogP contribution in [-0.2, 0) is 9.59 Å². The molecule has 2 aromatic heterocycles. The van der Waals surface area contributed by atoms with Crippen molar-refractivity contribution in [1.29, 1.82) is 0 Å². The number of amides is 2. The van der Waals surface area contributed by atoms with Gasteiger partial charge in [-0.3, -0.25) is 9.59 Å². The van der Waals surface area contributed by atoms with E-state index in [0.717, 1.165) is 0 Å². The maximum atomic E-state index is 11.6. The quantitative estimate of drug-likeness (QED) is 0.384. The van der Waals surface area contributed by atoms with Crippen molar-refractivity contribution in [3.8, 4) is 0 Å². The van der Waals surface area contributed by atoms with Crippen molar-refractivity contribution in [3.63, 3.8) is 0 Å². The van der Waals surface area contributed by atoms with Crippen LogP contribution in [0.2, 0.25) is 0 Å². The van der Waals surface area contributed by atoms with Gasteiger partial charge in [0.2, 0.25) is 0 Å². The van der Waals surface area contributed by atoms with Crippen molar-refractivity contribution in [2.75, 3.05) is 0 Å². The number of aliphatic hydroxyl groups excluding tert-OH is 2. The third-order valence-electron chi connectivity index (χ3n) is 2.66. The number of carbonyl (C=O) groups is 2. The Balaban J connectivity index is 1.80. The Kier molecular flexibility index (Phi) is 6.00. The summed E-state index contributed by atoms with van der Waals surface area (Å²) < 4.78 is 9.87. The van der Waals surface area contributed by atoms with E-state index in [2.05, 4.69) is 10.2 Å². The fraction of sp³-hybridized carbons (Fsp3) is 0.143. The van der Waals surface area contributed by atoms with E-state index in [1.165, 1.54) is 25.0 Å². The van der Waals surface area contributed by atoms with Crippen LogP contribution >= 0.6 is 0 Å². The SMILES string of the molecule is O=C(NN=Cc1ccco1)C(O)C(O)C(=O)NN=Cc1ccco1. The maximum absolute atomic E-state index is 11.6. The van der Waals surface area contributed by atoms with Crippen molar-refractivity contribution in [2.45, 2.75) is 12.2 Å². The van der Waals surface area contributed by atoms with Crippen LogP contribution in [0.3, 0.4) is 0 Å². The summed E-state index contributed by atoms with van der Waals surface area (Å²) >= 11 is 0. The minimum absolute atomic E-state index is 0.371. The van der Waals surface area contributed by atoms with Gasteiger partial charge in [0, 0.05) is 0 Å². The molecule has 4 N–H and O–H groups in total. The Morgan fingerprint density at radius 2 is 1.33 bits per heavy atom. The lowest BCUT2D eigenvalue weighted by Crippen LogP contribution is -2.47. The fourth-order valence-corrected chi connectivity index (χ4v) is 1.47. The van der Waals surface area contributed by atoms with E-state index >= 15 is 0 Å². The standard InChI is InChI=1S/C14H14N4O6/c19-11(13(21)17-15-7-9-3-1-5-23-9)12(20)14(22)18-16-8-10-4-2-6-24-10/h1-8,11-12,19-20H,(H,17,21)(H,18,22). The smallest absolute Gasteiger partial charge is 0.272 e. The van der Waals surface area contributed by atoms with Gasteiger partial charge in [-0.05, 0) is 24.3 Å². The molecule has 126 valence electrons. The third-order valence-corrected chi connectivity index (χ3v) is 2.66. The van der Waals surface area contributed by atoms with Crippen molar-refractivity contribution in [2.24, 2.45) is 10.2 Å². The Hall–Kier alpha value is -3.24. The average Bonchev–Trinajstić information content (AvgIpc) is 3.26. The lowest BCUT2D eigenvalue weighted by Gasteiger charge is -2.14. The molecule has 10 heteroatoms. The summed E-state index contributed by atoms with van der Waals surface area (Å²) in [7, 11) is 0. The number of aliphatic hydroxyl groups is 2. The van der Waals surface area contributed by atoms with Gasteiger partial charge in [0.05, 0.1) is 25.0 Å². The zero-order chi connectivity index (χ0) is 17.4. The Bertz CT molecular complexity index is 645. The topological polar surface area (TPSA) is 150 Å². The number of nitrogens with one attached hydrogen (secondary N) is 2. The Morgan fingerprint density at radius 1 is 0.917 bits per heavy atom. The van der Waals surface area contributed by atoms with Crippen LogP contribution in [0.15, 0.2) is 55.8 Å². The molecule has 2 amide bonds. The van der Waals surface area contributed by atoms with Gasteiger partial charge in [-0.2, -0.15) is 10.2 Å². The van der Waals surface area contributed by atoms with Crippen molar-refractivity contribution >= 4 is 24.2 Å². The summed E-state index contributed by atoms with van der Waals surface area (Å²) in [5.41, 5.74) is 3.92. The molecule has 0 radical (unpaired) electrons. The summed E-state index contributed by atoms with van der Waals surface area (Å²) in [6.07, 6.45) is 1.13. The Labute approximate surface area is 135 Å². The van der Waals surface area contributed by atoms with Gasteiger partial charge >= 0.3 is 0 Å². The predicted molar refractivity (Wildman–Crippen MR) is 80.9 cm³/mol. The second-order valence-electron chi connectivity index (χ2n) is 4.39. The highest BCUT2D eigenvalue weighted by molar-refractivity contribution is 5.91. The van der Waals surface area contributed by atoms with Crippen LogP contribution in [0, 0.1) is 0 Å². The maximum Gasteiger partial charge on any atom is 0.272 e. The Morgan fingerprint density at radius 3 is 1.67 bits per heavy atom. The number of rotatable bonds is 7. The molecule has 24 heavy (non-hydrogen) atoms. The monoisotopic (exact) mass is 334 g/mol. The van der Waals surface area contributed by atoms with Gasteiger partial charge in [-0.25, -0.2) is 10.9 Å². The molecular weight excluding hydrogens is 320 g/mol. The van der Waals surface area contributed by atoms with Crippen LogP contribution < -0.4 is 10.9 Å². The van der Waals surface area contributed by atoms with Crippen LogP contribution in [0.5, 0.6) is 0 Å². The van der Waals surface area contributed by atoms with E-state index < -0.39 is 24.0 Å². The van der Waals surface area contributed by atoms with Gasteiger partial charge in [0.1, 0.15) is 11.5 Å². The van der Waals surface area contributed by atoms with Crippen LogP contribution in [0.1, 0.15) is 11.5 Å². The molecule has 2 unspecified atom stereocenters. The largest absolute Gasteiger partial charge is 0.463 e. The van der Waals surface area contributed by atoms with Crippen LogP contribution in [0.25, 0.3) is 0 Å². The molecule has 0 fully saturated rings. The molecule has 0 aliphatic carbocycles. The molecule has 2 rings (SSSR count). The fourth-order valence-electron chi connectivity index (χ4n) is 1.47. The number of furan rings is 2. The second-order valence-corrected chi connectivity index (χ2v) is 4.39. The average molecular weight is 334 g/mol. The summed E-state index contributed by atoms with van der Waals surface area (Å²) in [4.78, 5) is 23.2. The third kappa shape index (κ3) is 4.90. The molecule has 0 spiro atoms. The summed E-state index contributed by atoms with van der Waals surface area (Å²) in [5.74, 6) is -1.41. The van der Waals surface area contributed by atoms with Crippen molar-refractivity contribution in [1.82, 2.24) is 10.9 Å². The number of hydrogen-bond acceptors (Lipinski definition) is 8. The zero-order valence-corrected chi connectivity index (χ0v) is 12.2. The first kappa shape index (κ1) is 17.1. The first-order valence-corrected chi connectivity index (χ1v) is 6.67. The predicted octanol–water partition coefficient (Wildman–Crippen LogP) is -0.805. The van der Waals surface area contributed by atoms with E-state index in [0.29, 0.717) is 11.5 Å². The summed E-state index contributed by atoms with van der Waals surface area (Å²) in [6.45, 7) is 0. The lowest BCUT2D eigenvalue weighted by molar-refractivity contribution is -0.146. The molecule has 2 heterocycles. The molecule has 0 aliphatic heterocycles. The number of hydrogen-bond donors (Lipinski definition) is 4. The van der Waals surface area contributed by atoms with E-state index in [1.807, 2.05) is 10.9 Å². The highest BCUT2D eigenvalue weighted by Crippen LogP contribution is 1.97. The number of hydrazone groups is 2. The van der Waals surface area contributed by atoms with Crippen LogP contribution in [0.4, 0.5) is 0 Å². The van der Waals surface area contributed by atoms with E-state index in [4.69, 9.17) is 8.83 Å². The first-order valence-electron chi connectivity index (χ1n) is 6.67. The summed E-state index contributed by atoms with van der Waals surface area (Å²) in [6, 6.07) is 6.42. The molecule has 10 nitrogen and oxygen atoms in total. The molecule has 0 aromatic carbocycles. The molecule has 0 bridgehead atoms. The number of carbonyl (C=O) groups excluding carboxylic acids is 2. The molecular formula is C14H14N4O6. The van der Waals surface area contributed by atoms with Crippen LogP contribution in [-0.4, -0.2) is 46.7 Å². The molecule has 2 atom stereocenters.